The average Bonchev–Trinajstić information content (AvgIpc) is 3.60. The van der Waals surface area contributed by atoms with Crippen molar-refractivity contribution in [1.29, 1.82) is 0 Å². The van der Waals surface area contributed by atoms with Crippen molar-refractivity contribution in [3.05, 3.63) is 176 Å². The van der Waals surface area contributed by atoms with E-state index in [1.165, 1.54) is 32.7 Å². The molecule has 10 aromatic rings. The average molecular weight is 652 g/mol. The monoisotopic (exact) mass is 651 g/mol. The molecule has 2 aromatic heterocycles. The third kappa shape index (κ3) is 5.13. The Balaban J connectivity index is 1.11. The minimum Gasteiger partial charge on any atom is -0.456 e. The first-order valence-corrected chi connectivity index (χ1v) is 17.1. The lowest BCUT2D eigenvalue weighted by Crippen LogP contribution is -2.00. The topological polar surface area (TPSA) is 51.8 Å². The summed E-state index contributed by atoms with van der Waals surface area (Å²) in [5.74, 6) is 1.84. The van der Waals surface area contributed by atoms with Crippen LogP contribution in [0.2, 0.25) is 0 Å². The molecule has 0 aliphatic heterocycles. The van der Waals surface area contributed by atoms with E-state index in [2.05, 4.69) is 115 Å². The summed E-state index contributed by atoms with van der Waals surface area (Å²) in [6.45, 7) is 0. The predicted molar refractivity (Wildman–Crippen MR) is 209 cm³/mol. The van der Waals surface area contributed by atoms with Gasteiger partial charge in [-0.25, -0.2) is 15.0 Å². The lowest BCUT2D eigenvalue weighted by atomic mass is 9.94. The Bertz CT molecular complexity index is 2910. The Hall–Kier alpha value is -6.91. The summed E-state index contributed by atoms with van der Waals surface area (Å²) < 4.78 is 6.22. The van der Waals surface area contributed by atoms with Crippen LogP contribution in [0.25, 0.3) is 99.9 Å². The number of furan rings is 1. The van der Waals surface area contributed by atoms with Gasteiger partial charge in [-0.3, -0.25) is 0 Å². The van der Waals surface area contributed by atoms with Crippen molar-refractivity contribution in [3.63, 3.8) is 0 Å². The SMILES string of the molecule is c1ccc(-c2ccc3c(ccc4ccc(-c5cccc(-c6nc(-c7ccccc7)nc(-c7cccc8oc9ccccc9c78)n6)c5)cc43)c2)cc1. The third-order valence-corrected chi connectivity index (χ3v) is 9.71. The zero-order chi connectivity index (χ0) is 33.7. The van der Waals surface area contributed by atoms with E-state index in [0.717, 1.165) is 49.8 Å². The maximum atomic E-state index is 6.22. The summed E-state index contributed by atoms with van der Waals surface area (Å²) in [5.41, 5.74) is 9.07. The fourth-order valence-electron chi connectivity index (χ4n) is 7.19. The van der Waals surface area contributed by atoms with E-state index in [1.807, 2.05) is 60.7 Å². The van der Waals surface area contributed by atoms with Gasteiger partial charge >= 0.3 is 0 Å². The van der Waals surface area contributed by atoms with E-state index in [1.54, 1.807) is 0 Å². The molecular weight excluding hydrogens is 623 g/mol. The van der Waals surface area contributed by atoms with Crippen LogP contribution in [-0.4, -0.2) is 15.0 Å². The van der Waals surface area contributed by atoms with E-state index >= 15 is 0 Å². The van der Waals surface area contributed by atoms with Crippen molar-refractivity contribution in [2.75, 3.05) is 0 Å². The van der Waals surface area contributed by atoms with Gasteiger partial charge in [0.2, 0.25) is 0 Å². The molecule has 2 heterocycles. The molecule has 4 heteroatoms. The molecule has 4 nitrogen and oxygen atoms in total. The third-order valence-electron chi connectivity index (χ3n) is 9.71. The van der Waals surface area contributed by atoms with E-state index in [9.17, 15) is 0 Å². The second-order valence-electron chi connectivity index (χ2n) is 12.8. The highest BCUT2D eigenvalue weighted by atomic mass is 16.3. The van der Waals surface area contributed by atoms with E-state index in [4.69, 9.17) is 19.4 Å². The molecule has 0 fully saturated rings. The first-order valence-electron chi connectivity index (χ1n) is 17.1. The van der Waals surface area contributed by atoms with Crippen LogP contribution in [0.15, 0.2) is 180 Å². The fourth-order valence-corrected chi connectivity index (χ4v) is 7.19. The van der Waals surface area contributed by atoms with Gasteiger partial charge in [0.15, 0.2) is 17.5 Å². The Kier molecular flexibility index (Phi) is 6.78. The van der Waals surface area contributed by atoms with Crippen LogP contribution in [0.3, 0.4) is 0 Å². The Morgan fingerprint density at radius 2 is 0.902 bits per heavy atom. The molecule has 0 amide bonds. The number of aromatic nitrogens is 3. The lowest BCUT2D eigenvalue weighted by Gasteiger charge is -2.11. The summed E-state index contributed by atoms with van der Waals surface area (Å²) in [7, 11) is 0. The summed E-state index contributed by atoms with van der Waals surface area (Å²) in [6.07, 6.45) is 0. The first-order chi connectivity index (χ1) is 25.2. The second kappa shape index (κ2) is 11.9. The molecule has 0 spiro atoms. The highest BCUT2D eigenvalue weighted by molar-refractivity contribution is 6.12. The summed E-state index contributed by atoms with van der Waals surface area (Å²) in [4.78, 5) is 15.2. The Morgan fingerprint density at radius 3 is 1.76 bits per heavy atom. The smallest absolute Gasteiger partial charge is 0.164 e. The van der Waals surface area contributed by atoms with Crippen molar-refractivity contribution in [3.8, 4) is 56.4 Å². The molecule has 10 rings (SSSR count). The van der Waals surface area contributed by atoms with Gasteiger partial charge in [0.25, 0.3) is 0 Å². The number of nitrogens with zero attached hydrogens (tertiary/aromatic N) is 3. The van der Waals surface area contributed by atoms with Crippen LogP contribution in [0.4, 0.5) is 0 Å². The number of para-hydroxylation sites is 1. The lowest BCUT2D eigenvalue weighted by molar-refractivity contribution is 0.669. The van der Waals surface area contributed by atoms with Crippen LogP contribution in [-0.2, 0) is 0 Å². The highest BCUT2D eigenvalue weighted by Crippen LogP contribution is 2.37. The number of hydrogen-bond donors (Lipinski definition) is 0. The number of rotatable bonds is 5. The van der Waals surface area contributed by atoms with Crippen molar-refractivity contribution >= 4 is 43.5 Å². The van der Waals surface area contributed by atoms with E-state index < -0.39 is 0 Å². The summed E-state index contributed by atoms with van der Waals surface area (Å²) in [5, 5.41) is 6.93. The first kappa shape index (κ1) is 29.0. The Labute approximate surface area is 294 Å². The summed E-state index contributed by atoms with van der Waals surface area (Å²) >= 11 is 0. The number of hydrogen-bond acceptors (Lipinski definition) is 4. The van der Waals surface area contributed by atoms with Crippen molar-refractivity contribution in [1.82, 2.24) is 15.0 Å². The van der Waals surface area contributed by atoms with Gasteiger partial charge < -0.3 is 4.42 Å². The van der Waals surface area contributed by atoms with Crippen molar-refractivity contribution in [2.24, 2.45) is 0 Å². The van der Waals surface area contributed by atoms with Crippen LogP contribution < -0.4 is 0 Å². The highest BCUT2D eigenvalue weighted by Gasteiger charge is 2.18. The zero-order valence-electron chi connectivity index (χ0n) is 27.5. The molecule has 0 atom stereocenters. The van der Waals surface area contributed by atoms with Crippen LogP contribution in [0.5, 0.6) is 0 Å². The van der Waals surface area contributed by atoms with Crippen LogP contribution >= 0.6 is 0 Å². The molecule has 0 saturated carbocycles. The molecule has 0 N–H and O–H groups in total. The maximum absolute atomic E-state index is 6.22. The largest absolute Gasteiger partial charge is 0.456 e. The van der Waals surface area contributed by atoms with Gasteiger partial charge in [-0.15, -0.1) is 0 Å². The van der Waals surface area contributed by atoms with E-state index in [-0.39, 0.29) is 0 Å². The molecule has 51 heavy (non-hydrogen) atoms. The van der Waals surface area contributed by atoms with Gasteiger partial charge in [-0.1, -0.05) is 146 Å². The van der Waals surface area contributed by atoms with Crippen LogP contribution in [0.1, 0.15) is 0 Å². The van der Waals surface area contributed by atoms with Crippen molar-refractivity contribution < 1.29 is 4.42 Å². The normalized spacial score (nSPS) is 11.5. The van der Waals surface area contributed by atoms with Crippen molar-refractivity contribution in [2.45, 2.75) is 0 Å². The number of benzene rings is 8. The fraction of sp³-hybridized carbons (Fsp3) is 0. The van der Waals surface area contributed by atoms with Gasteiger partial charge in [0, 0.05) is 27.5 Å². The second-order valence-corrected chi connectivity index (χ2v) is 12.8. The molecule has 0 aliphatic rings. The molecule has 0 saturated heterocycles. The molecule has 238 valence electrons. The standard InChI is InChI=1S/C47H29N3O/c1-3-11-30(12-4-1)34-25-26-38-36(27-34)24-22-31-21-23-35(29-41(31)38)33-15-9-16-37(28-33)46-48-45(32-13-5-2-6-14-32)49-47(50-46)40-18-10-20-43-44(40)39-17-7-8-19-42(39)51-43/h1-29H. The molecule has 8 aromatic carbocycles. The summed E-state index contributed by atoms with van der Waals surface area (Å²) in [6, 6.07) is 61.2. The van der Waals surface area contributed by atoms with Gasteiger partial charge in [-0.2, -0.15) is 0 Å². The molecular formula is C47H29N3O. The maximum Gasteiger partial charge on any atom is 0.164 e. The molecule has 0 aliphatic carbocycles. The zero-order valence-corrected chi connectivity index (χ0v) is 27.5. The van der Waals surface area contributed by atoms with Gasteiger partial charge in [-0.05, 0) is 74.1 Å². The minimum absolute atomic E-state index is 0.605. The van der Waals surface area contributed by atoms with Crippen LogP contribution in [0, 0.1) is 0 Å². The van der Waals surface area contributed by atoms with Gasteiger partial charge in [0.1, 0.15) is 11.2 Å². The van der Waals surface area contributed by atoms with Gasteiger partial charge in [0.05, 0.1) is 0 Å². The Morgan fingerprint density at radius 1 is 0.314 bits per heavy atom. The number of fused-ring (bicyclic) bond motifs is 6. The minimum atomic E-state index is 0.605. The predicted octanol–water partition coefficient (Wildman–Crippen LogP) is 12.4. The molecule has 0 bridgehead atoms. The quantitative estimate of drug-likeness (QED) is 0.174. The molecule has 0 unspecified atom stereocenters. The van der Waals surface area contributed by atoms with E-state index in [0.29, 0.717) is 17.5 Å². The molecule has 0 radical (unpaired) electrons.